The van der Waals surface area contributed by atoms with Crippen molar-refractivity contribution in [1.82, 2.24) is 4.90 Å². The Morgan fingerprint density at radius 3 is 2.87 bits per heavy atom. The first-order valence-corrected chi connectivity index (χ1v) is 5.55. The fraction of sp³-hybridized carbons (Fsp3) is 0.462. The van der Waals surface area contributed by atoms with E-state index in [-0.39, 0.29) is 0 Å². The third-order valence-electron chi connectivity index (χ3n) is 3.09. The van der Waals surface area contributed by atoms with Gasteiger partial charge in [0.1, 0.15) is 0 Å². The van der Waals surface area contributed by atoms with Gasteiger partial charge in [-0.3, -0.25) is 4.90 Å². The van der Waals surface area contributed by atoms with Crippen LogP contribution in [0.25, 0.3) is 0 Å². The molecule has 0 N–H and O–H groups in total. The molecule has 1 aliphatic heterocycles. The van der Waals surface area contributed by atoms with Crippen LogP contribution in [0.3, 0.4) is 0 Å². The molecule has 1 atom stereocenters. The van der Waals surface area contributed by atoms with E-state index >= 15 is 0 Å². The summed E-state index contributed by atoms with van der Waals surface area (Å²) in [5.41, 5.74) is 1.38. The Kier molecular flexibility index (Phi) is 3.37. The summed E-state index contributed by atoms with van der Waals surface area (Å²) >= 11 is 0. The van der Waals surface area contributed by atoms with Gasteiger partial charge in [-0.25, -0.2) is 0 Å². The van der Waals surface area contributed by atoms with Gasteiger partial charge in [-0.2, -0.15) is 5.26 Å². The molecule has 2 nitrogen and oxygen atoms in total. The molecular weight excluding hydrogens is 184 g/mol. The van der Waals surface area contributed by atoms with Gasteiger partial charge in [-0.05, 0) is 31.4 Å². The monoisotopic (exact) mass is 200 g/mol. The fourth-order valence-electron chi connectivity index (χ4n) is 2.31. The van der Waals surface area contributed by atoms with Gasteiger partial charge >= 0.3 is 0 Å². The SMILES string of the molecule is N#CCN1CCC[C@H]1Cc1ccccc1. The van der Waals surface area contributed by atoms with Gasteiger partial charge < -0.3 is 0 Å². The van der Waals surface area contributed by atoms with Crippen molar-refractivity contribution in [1.29, 1.82) is 5.26 Å². The molecule has 2 rings (SSSR count). The minimum Gasteiger partial charge on any atom is -0.287 e. The zero-order valence-electron chi connectivity index (χ0n) is 8.89. The van der Waals surface area contributed by atoms with E-state index in [1.807, 2.05) is 6.07 Å². The molecule has 0 unspecified atom stereocenters. The molecule has 1 aromatic rings. The molecule has 0 aliphatic carbocycles. The van der Waals surface area contributed by atoms with Crippen molar-refractivity contribution in [2.75, 3.05) is 13.1 Å². The van der Waals surface area contributed by atoms with E-state index in [4.69, 9.17) is 5.26 Å². The largest absolute Gasteiger partial charge is 0.287 e. The van der Waals surface area contributed by atoms with E-state index < -0.39 is 0 Å². The van der Waals surface area contributed by atoms with Crippen molar-refractivity contribution >= 4 is 0 Å². The van der Waals surface area contributed by atoms with Crippen molar-refractivity contribution in [3.63, 3.8) is 0 Å². The molecule has 0 spiro atoms. The first-order chi connectivity index (χ1) is 7.40. The second kappa shape index (κ2) is 4.95. The van der Waals surface area contributed by atoms with Crippen LogP contribution >= 0.6 is 0 Å². The lowest BCUT2D eigenvalue weighted by molar-refractivity contribution is 0.282. The van der Waals surface area contributed by atoms with E-state index in [2.05, 4.69) is 35.2 Å². The lowest BCUT2D eigenvalue weighted by atomic mass is 10.0. The molecule has 1 fully saturated rings. The van der Waals surface area contributed by atoms with Crippen molar-refractivity contribution in [2.24, 2.45) is 0 Å². The van der Waals surface area contributed by atoms with E-state index in [1.165, 1.54) is 18.4 Å². The molecule has 2 heteroatoms. The van der Waals surface area contributed by atoms with Gasteiger partial charge in [0.2, 0.25) is 0 Å². The minimum absolute atomic E-state index is 0.576. The highest BCUT2D eigenvalue weighted by Gasteiger charge is 2.23. The van der Waals surface area contributed by atoms with Gasteiger partial charge in [0.05, 0.1) is 12.6 Å². The van der Waals surface area contributed by atoms with Crippen LogP contribution in [0.4, 0.5) is 0 Å². The molecule has 1 saturated heterocycles. The minimum atomic E-state index is 0.576. The Morgan fingerprint density at radius 1 is 1.33 bits per heavy atom. The molecule has 1 aromatic carbocycles. The van der Waals surface area contributed by atoms with Crippen LogP contribution in [0.5, 0.6) is 0 Å². The standard InChI is InChI=1S/C13H16N2/c14-8-10-15-9-4-7-13(15)11-12-5-2-1-3-6-12/h1-3,5-6,13H,4,7,9-11H2/t13-/m0/s1. The van der Waals surface area contributed by atoms with E-state index in [0.717, 1.165) is 13.0 Å². The van der Waals surface area contributed by atoms with Crippen LogP contribution in [0.15, 0.2) is 30.3 Å². The Balaban J connectivity index is 1.97. The average Bonchev–Trinajstić information content (AvgIpc) is 2.68. The van der Waals surface area contributed by atoms with Gasteiger partial charge in [0, 0.05) is 6.04 Å². The maximum absolute atomic E-state index is 8.72. The molecule has 1 heterocycles. The molecule has 0 radical (unpaired) electrons. The Bertz CT molecular complexity index is 339. The summed E-state index contributed by atoms with van der Waals surface area (Å²) in [6.07, 6.45) is 3.55. The van der Waals surface area contributed by atoms with Crippen molar-refractivity contribution in [2.45, 2.75) is 25.3 Å². The van der Waals surface area contributed by atoms with Crippen LogP contribution in [-0.2, 0) is 6.42 Å². The predicted molar refractivity (Wildman–Crippen MR) is 60.4 cm³/mol. The number of benzene rings is 1. The summed E-state index contributed by atoms with van der Waals surface area (Å²) in [6.45, 7) is 1.67. The molecule has 0 saturated carbocycles. The van der Waals surface area contributed by atoms with Gasteiger partial charge in [-0.1, -0.05) is 30.3 Å². The average molecular weight is 200 g/mol. The van der Waals surface area contributed by atoms with Crippen LogP contribution < -0.4 is 0 Å². The number of nitriles is 1. The molecule has 1 aliphatic rings. The summed E-state index contributed by atoms with van der Waals surface area (Å²) in [4.78, 5) is 2.30. The lowest BCUT2D eigenvalue weighted by Crippen LogP contribution is -2.31. The van der Waals surface area contributed by atoms with Crippen molar-refractivity contribution in [3.05, 3.63) is 35.9 Å². The highest BCUT2D eigenvalue weighted by atomic mass is 15.2. The zero-order chi connectivity index (χ0) is 10.5. The highest BCUT2D eigenvalue weighted by molar-refractivity contribution is 5.16. The predicted octanol–water partition coefficient (Wildman–Crippen LogP) is 2.22. The second-order valence-corrected chi connectivity index (χ2v) is 4.11. The second-order valence-electron chi connectivity index (χ2n) is 4.11. The molecule has 78 valence electrons. The Labute approximate surface area is 91.1 Å². The quantitative estimate of drug-likeness (QED) is 0.699. The van der Waals surface area contributed by atoms with E-state index in [0.29, 0.717) is 12.6 Å². The van der Waals surface area contributed by atoms with Crippen LogP contribution in [0, 0.1) is 11.3 Å². The normalized spacial score (nSPS) is 21.4. The molecule has 0 aromatic heterocycles. The third-order valence-corrected chi connectivity index (χ3v) is 3.09. The summed E-state index contributed by atoms with van der Waals surface area (Å²) in [5, 5.41) is 8.72. The summed E-state index contributed by atoms with van der Waals surface area (Å²) in [7, 11) is 0. The molecular formula is C13H16N2. The smallest absolute Gasteiger partial charge is 0.0868 e. The molecule has 0 amide bonds. The summed E-state index contributed by atoms with van der Waals surface area (Å²) in [5.74, 6) is 0. The maximum atomic E-state index is 8.72. The fourth-order valence-corrected chi connectivity index (χ4v) is 2.31. The Hall–Kier alpha value is -1.33. The topological polar surface area (TPSA) is 27.0 Å². The van der Waals surface area contributed by atoms with E-state index in [9.17, 15) is 0 Å². The Morgan fingerprint density at radius 2 is 2.13 bits per heavy atom. The summed E-state index contributed by atoms with van der Waals surface area (Å²) < 4.78 is 0. The van der Waals surface area contributed by atoms with Gasteiger partial charge in [0.25, 0.3) is 0 Å². The van der Waals surface area contributed by atoms with E-state index in [1.54, 1.807) is 0 Å². The van der Waals surface area contributed by atoms with Crippen molar-refractivity contribution < 1.29 is 0 Å². The number of likely N-dealkylation sites (tertiary alicyclic amines) is 1. The molecule has 15 heavy (non-hydrogen) atoms. The third kappa shape index (κ3) is 2.57. The lowest BCUT2D eigenvalue weighted by Gasteiger charge is -2.21. The maximum Gasteiger partial charge on any atom is 0.0868 e. The van der Waals surface area contributed by atoms with Crippen LogP contribution in [0.2, 0.25) is 0 Å². The first-order valence-electron chi connectivity index (χ1n) is 5.55. The number of rotatable bonds is 3. The van der Waals surface area contributed by atoms with Gasteiger partial charge in [0.15, 0.2) is 0 Å². The van der Waals surface area contributed by atoms with Gasteiger partial charge in [-0.15, -0.1) is 0 Å². The zero-order valence-corrected chi connectivity index (χ0v) is 8.89. The summed E-state index contributed by atoms with van der Waals surface area (Å²) in [6, 6.07) is 13.4. The highest BCUT2D eigenvalue weighted by Crippen LogP contribution is 2.20. The first kappa shape index (κ1) is 10.2. The van der Waals surface area contributed by atoms with Crippen LogP contribution in [-0.4, -0.2) is 24.0 Å². The van der Waals surface area contributed by atoms with Crippen LogP contribution in [0.1, 0.15) is 18.4 Å². The molecule has 0 bridgehead atoms. The number of nitrogens with zero attached hydrogens (tertiary/aromatic N) is 2. The number of hydrogen-bond donors (Lipinski definition) is 0. The van der Waals surface area contributed by atoms with Crippen molar-refractivity contribution in [3.8, 4) is 6.07 Å². The number of hydrogen-bond acceptors (Lipinski definition) is 2.